The van der Waals surface area contributed by atoms with E-state index in [2.05, 4.69) is 4.98 Å². The Bertz CT molecular complexity index is 540. The third kappa shape index (κ3) is 3.05. The van der Waals surface area contributed by atoms with E-state index in [1.165, 1.54) is 6.07 Å². The lowest BCUT2D eigenvalue weighted by molar-refractivity contribution is 0.286. The van der Waals surface area contributed by atoms with Gasteiger partial charge in [-0.15, -0.1) is 11.3 Å². The van der Waals surface area contributed by atoms with Crippen LogP contribution in [0.3, 0.4) is 0 Å². The summed E-state index contributed by atoms with van der Waals surface area (Å²) in [7, 11) is 0. The molecule has 96 valence electrons. The molecule has 0 bridgehead atoms. The summed E-state index contributed by atoms with van der Waals surface area (Å²) in [6.07, 6.45) is 0. The molecule has 0 saturated heterocycles. The molecular formula is C13H15FN2OS. The first-order chi connectivity index (χ1) is 8.56. The molecule has 0 unspecified atom stereocenters. The van der Waals surface area contributed by atoms with Gasteiger partial charge in [0.05, 0.1) is 10.7 Å². The smallest absolute Gasteiger partial charge is 0.165 e. The molecule has 5 heteroatoms. The molecule has 0 saturated carbocycles. The van der Waals surface area contributed by atoms with E-state index in [-0.39, 0.29) is 18.4 Å². The van der Waals surface area contributed by atoms with Crippen LogP contribution in [0.4, 0.5) is 4.39 Å². The number of nitrogens with zero attached hydrogens (tertiary/aromatic N) is 1. The van der Waals surface area contributed by atoms with Crippen LogP contribution < -0.4 is 10.5 Å². The third-order valence-electron chi connectivity index (χ3n) is 2.52. The SMILES string of the molecule is Cc1nc(COc2ccc([C@@H](C)N)cc2F)cs1. The summed E-state index contributed by atoms with van der Waals surface area (Å²) in [4.78, 5) is 4.25. The van der Waals surface area contributed by atoms with Gasteiger partial charge < -0.3 is 10.5 Å². The molecule has 1 atom stereocenters. The van der Waals surface area contributed by atoms with Gasteiger partial charge in [0.1, 0.15) is 6.61 Å². The van der Waals surface area contributed by atoms with Crippen LogP contribution in [0.15, 0.2) is 23.6 Å². The van der Waals surface area contributed by atoms with Crippen molar-refractivity contribution >= 4 is 11.3 Å². The number of halogens is 1. The first kappa shape index (κ1) is 13.0. The van der Waals surface area contributed by atoms with Crippen LogP contribution in [-0.4, -0.2) is 4.98 Å². The van der Waals surface area contributed by atoms with Crippen LogP contribution in [0.2, 0.25) is 0 Å². The van der Waals surface area contributed by atoms with Gasteiger partial charge in [0.25, 0.3) is 0 Å². The van der Waals surface area contributed by atoms with Crippen molar-refractivity contribution in [2.45, 2.75) is 26.5 Å². The fraction of sp³-hybridized carbons (Fsp3) is 0.308. The van der Waals surface area contributed by atoms with Gasteiger partial charge in [-0.25, -0.2) is 9.37 Å². The first-order valence-corrected chi connectivity index (χ1v) is 6.53. The van der Waals surface area contributed by atoms with Crippen molar-refractivity contribution in [3.8, 4) is 5.75 Å². The minimum Gasteiger partial charge on any atom is -0.484 e. The second kappa shape index (κ2) is 5.46. The van der Waals surface area contributed by atoms with Gasteiger partial charge in [-0.2, -0.15) is 0 Å². The Balaban J connectivity index is 2.05. The van der Waals surface area contributed by atoms with Gasteiger partial charge >= 0.3 is 0 Å². The monoisotopic (exact) mass is 266 g/mol. The second-order valence-electron chi connectivity index (χ2n) is 4.13. The predicted octanol–water partition coefficient (Wildman–Crippen LogP) is 3.19. The van der Waals surface area contributed by atoms with Crippen molar-refractivity contribution in [1.29, 1.82) is 0 Å². The summed E-state index contributed by atoms with van der Waals surface area (Å²) in [5.41, 5.74) is 7.25. The maximum Gasteiger partial charge on any atom is 0.165 e. The maximum absolute atomic E-state index is 13.7. The second-order valence-corrected chi connectivity index (χ2v) is 5.19. The Labute approximate surface area is 109 Å². The summed E-state index contributed by atoms with van der Waals surface area (Å²) >= 11 is 1.55. The van der Waals surface area contributed by atoms with Gasteiger partial charge in [-0.3, -0.25) is 0 Å². The molecule has 3 nitrogen and oxygen atoms in total. The molecular weight excluding hydrogens is 251 g/mol. The Morgan fingerprint density at radius 1 is 1.50 bits per heavy atom. The zero-order valence-electron chi connectivity index (χ0n) is 10.3. The third-order valence-corrected chi connectivity index (χ3v) is 3.35. The van der Waals surface area contributed by atoms with E-state index in [9.17, 15) is 4.39 Å². The van der Waals surface area contributed by atoms with Gasteiger partial charge in [-0.1, -0.05) is 6.07 Å². The highest BCUT2D eigenvalue weighted by atomic mass is 32.1. The van der Waals surface area contributed by atoms with E-state index in [4.69, 9.17) is 10.5 Å². The molecule has 0 aliphatic rings. The maximum atomic E-state index is 13.7. The van der Waals surface area contributed by atoms with E-state index in [0.717, 1.165) is 16.3 Å². The summed E-state index contributed by atoms with van der Waals surface area (Å²) in [6, 6.07) is 4.60. The number of rotatable bonds is 4. The quantitative estimate of drug-likeness (QED) is 0.924. The van der Waals surface area contributed by atoms with Gasteiger partial charge in [0, 0.05) is 11.4 Å². The number of ether oxygens (including phenoxy) is 1. The van der Waals surface area contributed by atoms with Crippen LogP contribution in [-0.2, 0) is 6.61 Å². The summed E-state index contributed by atoms with van der Waals surface area (Å²) in [5.74, 6) is -0.165. The Morgan fingerprint density at radius 2 is 2.28 bits per heavy atom. The van der Waals surface area contributed by atoms with Crippen molar-refractivity contribution in [2.24, 2.45) is 5.73 Å². The lowest BCUT2D eigenvalue weighted by atomic mass is 10.1. The molecule has 0 aliphatic heterocycles. The van der Waals surface area contributed by atoms with Gasteiger partial charge in [0.2, 0.25) is 0 Å². The van der Waals surface area contributed by atoms with E-state index in [1.54, 1.807) is 23.5 Å². The van der Waals surface area contributed by atoms with Crippen molar-refractivity contribution in [1.82, 2.24) is 4.98 Å². The van der Waals surface area contributed by atoms with Crippen molar-refractivity contribution in [2.75, 3.05) is 0 Å². The average molecular weight is 266 g/mol. The van der Waals surface area contributed by atoms with Crippen LogP contribution in [0.1, 0.15) is 29.2 Å². The highest BCUT2D eigenvalue weighted by Gasteiger charge is 2.08. The number of aromatic nitrogens is 1. The minimum atomic E-state index is -0.392. The molecule has 18 heavy (non-hydrogen) atoms. The number of hydrogen-bond donors (Lipinski definition) is 1. The standard InChI is InChI=1S/C13H15FN2OS/c1-8(15)10-3-4-13(12(14)5-10)17-6-11-7-18-9(2)16-11/h3-5,7-8H,6,15H2,1-2H3/t8-/m1/s1. The fourth-order valence-electron chi connectivity index (χ4n) is 1.54. The average Bonchev–Trinajstić information content (AvgIpc) is 2.73. The van der Waals surface area contributed by atoms with E-state index in [0.29, 0.717) is 0 Å². The summed E-state index contributed by atoms with van der Waals surface area (Å²) in [6.45, 7) is 4.01. The predicted molar refractivity (Wildman–Crippen MR) is 70.2 cm³/mol. The van der Waals surface area contributed by atoms with Crippen molar-refractivity contribution in [3.05, 3.63) is 45.7 Å². The molecule has 0 amide bonds. The van der Waals surface area contributed by atoms with Crippen LogP contribution in [0.25, 0.3) is 0 Å². The van der Waals surface area contributed by atoms with Gasteiger partial charge in [0.15, 0.2) is 11.6 Å². The number of nitrogens with two attached hydrogens (primary N) is 1. The van der Waals surface area contributed by atoms with E-state index < -0.39 is 5.82 Å². The summed E-state index contributed by atoms with van der Waals surface area (Å²) < 4.78 is 19.1. The first-order valence-electron chi connectivity index (χ1n) is 5.65. The van der Waals surface area contributed by atoms with Crippen molar-refractivity contribution < 1.29 is 9.13 Å². The van der Waals surface area contributed by atoms with Crippen LogP contribution in [0, 0.1) is 12.7 Å². The number of hydrogen-bond acceptors (Lipinski definition) is 4. The molecule has 0 spiro atoms. The molecule has 1 aromatic heterocycles. The number of benzene rings is 1. The minimum absolute atomic E-state index is 0.185. The lowest BCUT2D eigenvalue weighted by Gasteiger charge is -2.09. The summed E-state index contributed by atoms with van der Waals surface area (Å²) in [5, 5.41) is 2.88. The lowest BCUT2D eigenvalue weighted by Crippen LogP contribution is -2.06. The Kier molecular flexibility index (Phi) is 3.93. The Hall–Kier alpha value is -1.46. The van der Waals surface area contributed by atoms with Crippen LogP contribution >= 0.6 is 11.3 Å². The molecule has 0 radical (unpaired) electrons. The highest BCUT2D eigenvalue weighted by molar-refractivity contribution is 7.09. The molecule has 2 N–H and O–H groups in total. The molecule has 1 heterocycles. The zero-order valence-corrected chi connectivity index (χ0v) is 11.1. The number of thiazole rings is 1. The molecule has 2 rings (SSSR count). The topological polar surface area (TPSA) is 48.1 Å². The zero-order chi connectivity index (χ0) is 13.1. The molecule has 0 fully saturated rings. The number of aryl methyl sites for hydroxylation is 1. The Morgan fingerprint density at radius 3 is 2.83 bits per heavy atom. The van der Waals surface area contributed by atoms with E-state index >= 15 is 0 Å². The fourth-order valence-corrected chi connectivity index (χ4v) is 2.14. The molecule has 0 aliphatic carbocycles. The molecule has 1 aromatic carbocycles. The molecule has 2 aromatic rings. The normalized spacial score (nSPS) is 12.4. The van der Waals surface area contributed by atoms with Crippen molar-refractivity contribution in [3.63, 3.8) is 0 Å². The van der Waals surface area contributed by atoms with Gasteiger partial charge in [-0.05, 0) is 31.5 Å². The van der Waals surface area contributed by atoms with Crippen LogP contribution in [0.5, 0.6) is 5.75 Å². The highest BCUT2D eigenvalue weighted by Crippen LogP contribution is 2.22. The largest absolute Gasteiger partial charge is 0.484 e. The van der Waals surface area contributed by atoms with E-state index in [1.807, 2.05) is 19.2 Å².